The van der Waals surface area contributed by atoms with Crippen LogP contribution in [0, 0.1) is 0 Å². The number of allylic oxidation sites excluding steroid dienone is 1. The molecule has 0 bridgehead atoms. The van der Waals surface area contributed by atoms with Crippen molar-refractivity contribution in [3.8, 4) is 0 Å². The zero-order valence-electron chi connectivity index (χ0n) is 15.1. The first-order chi connectivity index (χ1) is 11.6. The average molecular weight is 339 g/mol. The number of nitrogens with zero attached hydrogens (tertiary/aromatic N) is 1. The van der Waals surface area contributed by atoms with Crippen LogP contribution in [0.15, 0.2) is 28.3 Å². The third kappa shape index (κ3) is 9.91. The molecule has 7 nitrogen and oxygen atoms in total. The maximum Gasteiger partial charge on any atom is 0.252 e. The fourth-order valence-corrected chi connectivity index (χ4v) is 1.79. The van der Waals surface area contributed by atoms with Gasteiger partial charge in [0.25, 0.3) is 11.8 Å². The third-order valence-corrected chi connectivity index (χ3v) is 3.04. The van der Waals surface area contributed by atoms with Gasteiger partial charge in [0, 0.05) is 59.4 Å². The lowest BCUT2D eigenvalue weighted by molar-refractivity contribution is -0.117. The lowest BCUT2D eigenvalue weighted by atomic mass is 10.1. The largest absolute Gasteiger partial charge is 0.385 e. The summed E-state index contributed by atoms with van der Waals surface area (Å²) in [4.78, 5) is 28.2. The second-order valence-corrected chi connectivity index (χ2v) is 4.94. The van der Waals surface area contributed by atoms with Crippen molar-refractivity contribution >= 4 is 18.0 Å². The maximum atomic E-state index is 12.2. The van der Waals surface area contributed by atoms with Gasteiger partial charge in [-0.15, -0.1) is 0 Å². The molecule has 0 aromatic carbocycles. The van der Waals surface area contributed by atoms with Crippen LogP contribution in [0.2, 0.25) is 0 Å². The Morgan fingerprint density at radius 3 is 1.88 bits per heavy atom. The van der Waals surface area contributed by atoms with Crippen molar-refractivity contribution in [2.24, 2.45) is 4.99 Å². The van der Waals surface area contributed by atoms with Gasteiger partial charge in [-0.2, -0.15) is 0 Å². The molecule has 0 aromatic heterocycles. The highest BCUT2D eigenvalue weighted by Gasteiger charge is 2.11. The second kappa shape index (κ2) is 14.6. The van der Waals surface area contributed by atoms with E-state index < -0.39 is 0 Å². The number of hydrogen-bond acceptors (Lipinski definition) is 5. The molecule has 136 valence electrons. The second-order valence-electron chi connectivity index (χ2n) is 4.94. The third-order valence-electron chi connectivity index (χ3n) is 3.04. The predicted molar refractivity (Wildman–Crippen MR) is 95.3 cm³/mol. The Morgan fingerprint density at radius 2 is 1.46 bits per heavy atom. The number of hydrogen-bond donors (Lipinski definition) is 2. The first kappa shape index (κ1) is 22.0. The Morgan fingerprint density at radius 1 is 0.958 bits per heavy atom. The molecule has 0 saturated carbocycles. The summed E-state index contributed by atoms with van der Waals surface area (Å²) in [5.74, 6) is -0.508. The van der Waals surface area contributed by atoms with E-state index in [0.717, 1.165) is 12.8 Å². The Hall–Kier alpha value is -1.99. The lowest BCUT2D eigenvalue weighted by Crippen LogP contribution is -2.29. The lowest BCUT2D eigenvalue weighted by Gasteiger charge is -2.08. The first-order valence-corrected chi connectivity index (χ1v) is 7.95. The molecule has 0 spiro atoms. The standard InChI is InChI=1S/C17H29N3O4/c1-5-14(16(21)19-8-6-10-23-3)12-15(13-18-2)17(22)20-9-7-11-24-4/h5,12-13H,6-11H2,1-4H3,(H,19,21)(H,20,22)/b14-5+,15-12+,18-13+. The van der Waals surface area contributed by atoms with Gasteiger partial charge in [-0.1, -0.05) is 6.08 Å². The molecule has 24 heavy (non-hydrogen) atoms. The minimum absolute atomic E-state index is 0.234. The van der Waals surface area contributed by atoms with Crippen LogP contribution in [0.5, 0.6) is 0 Å². The number of ether oxygens (including phenoxy) is 2. The van der Waals surface area contributed by atoms with Crippen molar-refractivity contribution in [3.63, 3.8) is 0 Å². The Bertz CT molecular complexity index is 470. The molecule has 0 heterocycles. The van der Waals surface area contributed by atoms with Crippen molar-refractivity contribution in [1.29, 1.82) is 0 Å². The van der Waals surface area contributed by atoms with Crippen LogP contribution in [-0.4, -0.2) is 65.6 Å². The normalized spacial score (nSPS) is 12.5. The van der Waals surface area contributed by atoms with Crippen molar-refractivity contribution in [2.75, 3.05) is 47.6 Å². The minimum atomic E-state index is -0.275. The van der Waals surface area contributed by atoms with Crippen LogP contribution < -0.4 is 10.6 Å². The zero-order valence-corrected chi connectivity index (χ0v) is 15.1. The van der Waals surface area contributed by atoms with Crippen molar-refractivity contribution < 1.29 is 19.1 Å². The maximum absolute atomic E-state index is 12.2. The average Bonchev–Trinajstić information content (AvgIpc) is 2.58. The van der Waals surface area contributed by atoms with E-state index in [1.54, 1.807) is 34.3 Å². The SMILES string of the molecule is C\C=C(/C=C(\C=N\C)C(=O)NCCCOC)C(=O)NCCCOC. The van der Waals surface area contributed by atoms with Gasteiger partial charge in [0.1, 0.15) is 0 Å². The molecule has 0 atom stereocenters. The van der Waals surface area contributed by atoms with E-state index in [0.29, 0.717) is 37.4 Å². The molecule has 0 aliphatic heterocycles. The molecule has 0 aliphatic carbocycles. The van der Waals surface area contributed by atoms with Crippen molar-refractivity contribution in [2.45, 2.75) is 19.8 Å². The van der Waals surface area contributed by atoms with E-state index >= 15 is 0 Å². The molecule has 7 heteroatoms. The molecule has 0 aliphatic rings. The number of carbonyl (C=O) groups excluding carboxylic acids is 2. The van der Waals surface area contributed by atoms with E-state index in [1.807, 2.05) is 0 Å². The van der Waals surface area contributed by atoms with Gasteiger partial charge in [0.15, 0.2) is 0 Å². The summed E-state index contributed by atoms with van der Waals surface area (Å²) in [5, 5.41) is 5.57. The highest BCUT2D eigenvalue weighted by Crippen LogP contribution is 2.03. The molecule has 0 fully saturated rings. The van der Waals surface area contributed by atoms with Crippen LogP contribution in [0.4, 0.5) is 0 Å². The van der Waals surface area contributed by atoms with Crippen molar-refractivity contribution in [1.82, 2.24) is 10.6 Å². The number of nitrogens with one attached hydrogen (secondary N) is 2. The van der Waals surface area contributed by atoms with Crippen LogP contribution in [0.1, 0.15) is 19.8 Å². The van der Waals surface area contributed by atoms with Gasteiger partial charge in [-0.05, 0) is 25.8 Å². The van der Waals surface area contributed by atoms with Gasteiger partial charge in [0.2, 0.25) is 0 Å². The van der Waals surface area contributed by atoms with Gasteiger partial charge in [-0.3, -0.25) is 14.6 Å². The molecule has 2 N–H and O–H groups in total. The molecule has 0 rings (SSSR count). The summed E-state index contributed by atoms with van der Waals surface area (Å²) in [7, 11) is 4.80. The van der Waals surface area contributed by atoms with Gasteiger partial charge < -0.3 is 20.1 Å². The summed E-state index contributed by atoms with van der Waals surface area (Å²) >= 11 is 0. The van der Waals surface area contributed by atoms with Crippen molar-refractivity contribution in [3.05, 3.63) is 23.3 Å². The fraction of sp³-hybridized carbons (Fsp3) is 0.588. The van der Waals surface area contributed by atoms with E-state index in [4.69, 9.17) is 9.47 Å². The van der Waals surface area contributed by atoms with E-state index in [9.17, 15) is 9.59 Å². The monoisotopic (exact) mass is 339 g/mol. The molecule has 0 saturated heterocycles. The molecule has 0 aromatic rings. The van der Waals surface area contributed by atoms with Crippen LogP contribution >= 0.6 is 0 Å². The highest BCUT2D eigenvalue weighted by molar-refractivity contribution is 6.14. The van der Waals surface area contributed by atoms with Crippen LogP contribution in [0.25, 0.3) is 0 Å². The topological polar surface area (TPSA) is 89.0 Å². The summed E-state index contributed by atoms with van der Waals surface area (Å²) in [6.07, 6.45) is 6.08. The molecule has 0 unspecified atom stereocenters. The number of amides is 2. The number of methoxy groups -OCH3 is 2. The highest BCUT2D eigenvalue weighted by atomic mass is 16.5. The first-order valence-electron chi connectivity index (χ1n) is 7.95. The summed E-state index contributed by atoms with van der Waals surface area (Å²) < 4.78 is 9.87. The Balaban J connectivity index is 4.79. The number of rotatable bonds is 12. The number of carbonyl (C=O) groups is 2. The molecular formula is C17H29N3O4. The zero-order chi connectivity index (χ0) is 18.2. The predicted octanol–water partition coefficient (Wildman–Crippen LogP) is 0.865. The summed E-state index contributed by atoms with van der Waals surface area (Å²) in [5.41, 5.74) is 0.740. The van der Waals surface area contributed by atoms with Gasteiger partial charge in [-0.25, -0.2) is 0 Å². The molecule has 0 radical (unpaired) electrons. The van der Waals surface area contributed by atoms with E-state index in [1.165, 1.54) is 12.3 Å². The summed E-state index contributed by atoms with van der Waals surface area (Å²) in [6.45, 7) is 3.91. The quantitative estimate of drug-likeness (QED) is 0.239. The molecular weight excluding hydrogens is 310 g/mol. The van der Waals surface area contributed by atoms with Gasteiger partial charge in [0.05, 0.1) is 5.57 Å². The minimum Gasteiger partial charge on any atom is -0.385 e. The molecule has 2 amide bonds. The van der Waals surface area contributed by atoms with E-state index in [2.05, 4.69) is 15.6 Å². The Kier molecular flexibility index (Phi) is 13.4. The van der Waals surface area contributed by atoms with Crippen LogP contribution in [-0.2, 0) is 19.1 Å². The van der Waals surface area contributed by atoms with E-state index in [-0.39, 0.29) is 11.8 Å². The van der Waals surface area contributed by atoms with Crippen LogP contribution in [0.3, 0.4) is 0 Å². The number of aliphatic imine (C=N–C) groups is 1. The van der Waals surface area contributed by atoms with Gasteiger partial charge >= 0.3 is 0 Å². The Labute approximate surface area is 144 Å². The summed E-state index contributed by atoms with van der Waals surface area (Å²) in [6, 6.07) is 0. The fourth-order valence-electron chi connectivity index (χ4n) is 1.79. The smallest absolute Gasteiger partial charge is 0.252 e.